The summed E-state index contributed by atoms with van der Waals surface area (Å²) in [6.45, 7) is 4.77. The number of hydrogen-bond acceptors (Lipinski definition) is 15. The van der Waals surface area contributed by atoms with Gasteiger partial charge < -0.3 is 15.5 Å². The maximum absolute atomic E-state index is 12.8. The van der Waals surface area contributed by atoms with Crippen LogP contribution in [-0.2, 0) is 9.84 Å². The van der Waals surface area contributed by atoms with Crippen LogP contribution in [-0.4, -0.2) is 83.3 Å². The summed E-state index contributed by atoms with van der Waals surface area (Å²) < 4.78 is 49.1. The van der Waals surface area contributed by atoms with Crippen LogP contribution in [0.2, 0.25) is 0 Å². The molecule has 272 valence electrons. The van der Waals surface area contributed by atoms with Crippen LogP contribution in [0.15, 0.2) is 71.9 Å². The molecule has 7 heterocycles. The molecule has 0 aliphatic carbocycles. The molecule has 7 aromatic rings. The Kier molecular flexibility index (Phi) is 10.4. The number of alkyl halides is 2. The van der Waals surface area contributed by atoms with E-state index in [1.807, 2.05) is 43.5 Å². The first kappa shape index (κ1) is 35.7. The molecule has 1 saturated heterocycles. The minimum atomic E-state index is -2.92. The van der Waals surface area contributed by atoms with Crippen molar-refractivity contribution in [2.75, 3.05) is 40.1 Å². The van der Waals surface area contributed by atoms with Crippen LogP contribution in [0.3, 0.4) is 0 Å². The third kappa shape index (κ3) is 8.67. The van der Waals surface area contributed by atoms with E-state index in [4.69, 9.17) is 0 Å². The maximum atomic E-state index is 12.8. The Morgan fingerprint density at radius 2 is 1.38 bits per heavy atom. The van der Waals surface area contributed by atoms with E-state index in [2.05, 4.69) is 71.9 Å². The highest BCUT2D eigenvalue weighted by atomic mass is 32.2. The van der Waals surface area contributed by atoms with Gasteiger partial charge in [0.05, 0.1) is 41.0 Å². The molecule has 0 bridgehead atoms. The highest BCUT2D eigenvalue weighted by Crippen LogP contribution is 2.35. The first-order valence-corrected chi connectivity index (χ1v) is 19.6. The molecule has 0 saturated carbocycles. The van der Waals surface area contributed by atoms with Crippen molar-refractivity contribution in [3.8, 4) is 33.8 Å². The van der Waals surface area contributed by atoms with Crippen LogP contribution >= 0.6 is 22.7 Å². The van der Waals surface area contributed by atoms with E-state index < -0.39 is 16.3 Å². The topological polar surface area (TPSA) is 196 Å². The number of sulfone groups is 1. The summed E-state index contributed by atoms with van der Waals surface area (Å²) >= 11 is 2.75. The predicted octanol–water partition coefficient (Wildman–Crippen LogP) is 6.59. The van der Waals surface area contributed by atoms with E-state index >= 15 is 0 Å². The lowest BCUT2D eigenvalue weighted by molar-refractivity contribution is 0.146. The van der Waals surface area contributed by atoms with Gasteiger partial charge in [0, 0.05) is 70.0 Å². The van der Waals surface area contributed by atoms with Crippen molar-refractivity contribution in [3.63, 3.8) is 0 Å². The predicted molar refractivity (Wildman–Crippen MR) is 201 cm³/mol. The van der Waals surface area contributed by atoms with Gasteiger partial charge in [0.2, 0.25) is 11.9 Å². The maximum Gasteiger partial charge on any atom is 0.280 e. The van der Waals surface area contributed by atoms with Crippen molar-refractivity contribution >= 4 is 60.4 Å². The monoisotopic (exact) mass is 775 g/mol. The lowest BCUT2D eigenvalue weighted by atomic mass is 10.1. The molecule has 20 heteroatoms. The van der Waals surface area contributed by atoms with Crippen molar-refractivity contribution in [2.45, 2.75) is 20.3 Å². The fourth-order valence-electron chi connectivity index (χ4n) is 5.32. The fraction of sp³-hybridized carbons (Fsp3) is 0.212. The minimum absolute atomic E-state index is 0.186. The minimum Gasteiger partial charge on any atom is -0.369 e. The Labute approximate surface area is 310 Å². The summed E-state index contributed by atoms with van der Waals surface area (Å²) in [4.78, 5) is 27.9. The zero-order valence-corrected chi connectivity index (χ0v) is 30.6. The Morgan fingerprint density at radius 3 is 1.98 bits per heavy atom. The van der Waals surface area contributed by atoms with Gasteiger partial charge in [-0.05, 0) is 38.1 Å². The first-order chi connectivity index (χ1) is 25.6. The zero-order chi connectivity index (χ0) is 37.0. The van der Waals surface area contributed by atoms with Crippen LogP contribution in [0.1, 0.15) is 23.5 Å². The molecule has 6 aromatic heterocycles. The molecule has 1 aromatic carbocycles. The number of rotatable bonds is 9. The average Bonchev–Trinajstić information content (AvgIpc) is 3.96. The van der Waals surface area contributed by atoms with Gasteiger partial charge in [0.1, 0.15) is 5.69 Å². The second kappa shape index (κ2) is 15.5. The number of nitrogens with one attached hydrogen (secondary N) is 4. The summed E-state index contributed by atoms with van der Waals surface area (Å²) in [5.74, 6) is 1.30. The Bertz CT molecular complexity index is 2430. The molecule has 0 amide bonds. The number of anilines is 5. The van der Waals surface area contributed by atoms with Crippen LogP contribution in [0.5, 0.6) is 0 Å². The smallest absolute Gasteiger partial charge is 0.280 e. The van der Waals surface area contributed by atoms with E-state index in [9.17, 15) is 17.2 Å². The van der Waals surface area contributed by atoms with Crippen molar-refractivity contribution in [2.24, 2.45) is 0 Å². The lowest BCUT2D eigenvalue weighted by Crippen LogP contribution is -2.40. The van der Waals surface area contributed by atoms with Crippen molar-refractivity contribution < 1.29 is 17.2 Å². The molecule has 1 aliphatic rings. The largest absolute Gasteiger partial charge is 0.369 e. The van der Waals surface area contributed by atoms with Crippen molar-refractivity contribution in [3.05, 3.63) is 89.0 Å². The number of aromatic nitrogens is 10. The van der Waals surface area contributed by atoms with Crippen molar-refractivity contribution in [1.29, 1.82) is 0 Å². The van der Waals surface area contributed by atoms with E-state index in [1.165, 1.54) is 28.9 Å². The van der Waals surface area contributed by atoms with Crippen molar-refractivity contribution in [1.82, 2.24) is 50.3 Å². The van der Waals surface area contributed by atoms with Crippen LogP contribution < -0.4 is 15.5 Å². The zero-order valence-electron chi connectivity index (χ0n) is 28.2. The molecule has 0 radical (unpaired) electrons. The average molecular weight is 776 g/mol. The third-order valence-corrected chi connectivity index (χ3v) is 11.1. The number of aryl methyl sites for hydroxylation is 2. The Hall–Kier alpha value is -5.73. The van der Waals surface area contributed by atoms with Gasteiger partial charge in [-0.2, -0.15) is 10.2 Å². The van der Waals surface area contributed by atoms with Gasteiger partial charge in [-0.25, -0.2) is 47.1 Å². The summed E-state index contributed by atoms with van der Waals surface area (Å²) in [5, 5.41) is 24.2. The lowest BCUT2D eigenvalue weighted by Gasteiger charge is -2.29. The summed E-state index contributed by atoms with van der Waals surface area (Å²) in [6.07, 6.45) is 3.81. The summed E-state index contributed by atoms with van der Waals surface area (Å²) in [5.41, 5.74) is 6.68. The third-order valence-electron chi connectivity index (χ3n) is 7.96. The van der Waals surface area contributed by atoms with Crippen LogP contribution in [0, 0.1) is 13.8 Å². The molecule has 53 heavy (non-hydrogen) atoms. The second-order valence-corrected chi connectivity index (χ2v) is 15.7. The molecule has 4 N–H and O–H groups in total. The van der Waals surface area contributed by atoms with Gasteiger partial charge in [-0.3, -0.25) is 10.2 Å². The number of hydrogen-bond donors (Lipinski definition) is 4. The molecule has 15 nitrogen and oxygen atoms in total. The fourth-order valence-corrected chi connectivity index (χ4v) is 7.92. The van der Waals surface area contributed by atoms with E-state index in [0.29, 0.717) is 46.5 Å². The number of aromatic amines is 2. The summed E-state index contributed by atoms with van der Waals surface area (Å²) in [7, 11) is -2.92. The second-order valence-electron chi connectivity index (χ2n) is 11.7. The molecule has 1 aliphatic heterocycles. The number of thiazole rings is 2. The molecule has 0 spiro atoms. The number of halogens is 2. The van der Waals surface area contributed by atoms with E-state index in [-0.39, 0.29) is 17.2 Å². The molecular weight excluding hydrogens is 745 g/mol. The number of benzene rings is 1. The quantitative estimate of drug-likeness (QED) is 0.123. The summed E-state index contributed by atoms with van der Waals surface area (Å²) in [6, 6.07) is 11.7. The van der Waals surface area contributed by atoms with Gasteiger partial charge in [0.15, 0.2) is 20.1 Å². The van der Waals surface area contributed by atoms with Gasteiger partial charge >= 0.3 is 0 Å². The van der Waals surface area contributed by atoms with Gasteiger partial charge in [0.25, 0.3) is 6.43 Å². The number of nitrogens with zero attached hydrogens (tertiary/aromatic N) is 9. The van der Waals surface area contributed by atoms with E-state index in [1.54, 1.807) is 30.0 Å². The molecule has 0 atom stereocenters. The molecule has 0 unspecified atom stereocenters. The van der Waals surface area contributed by atoms with Crippen LogP contribution in [0.25, 0.3) is 33.8 Å². The van der Waals surface area contributed by atoms with Gasteiger partial charge in [-0.1, -0.05) is 12.1 Å². The first-order valence-electron chi connectivity index (χ1n) is 16.1. The Balaban J connectivity index is 0.000000179. The molecule has 8 rings (SSSR count). The SMILES string of the molecule is Cc1ccnc(Nc2nc(-c3cn[nH]c3-c3cccc(N4CCS(=O)(=O)CC4)c3)cs2)n1.Cc1ccnc(Nc2nc(-c3cn[nH]c3C(F)F)cs2)n1. The normalized spacial score (nSPS) is 13.8. The van der Waals surface area contributed by atoms with Crippen LogP contribution in [0.4, 0.5) is 36.6 Å². The number of H-pyrrole nitrogens is 2. The highest BCUT2D eigenvalue weighted by molar-refractivity contribution is 7.91. The van der Waals surface area contributed by atoms with E-state index in [0.717, 1.165) is 39.6 Å². The molecule has 1 fully saturated rings. The standard InChI is InChI=1S/C21H21N7O2S2.C12H10F2N6S/c1-14-5-6-22-20(24-14)26-21-25-18(13-31-21)17-12-23-27-19(17)15-3-2-4-16(11-15)28-7-9-32(29,30)10-8-28;1-6-2-3-15-11(17-6)19-12-18-8(5-21-12)7-4-16-20-9(7)10(13)14/h2-6,11-13H,7-10H2,1H3,(H,23,27)(H,22,24,25,26);2-5,10H,1H3,(H,16,20)(H,15,17,18,19). The molecular formula is C33H31F2N13O2S3. The Morgan fingerprint density at radius 1 is 0.792 bits per heavy atom. The highest BCUT2D eigenvalue weighted by Gasteiger charge is 2.23. The van der Waals surface area contributed by atoms with Gasteiger partial charge in [-0.15, -0.1) is 22.7 Å².